The first-order valence-electron chi connectivity index (χ1n) is 6.59. The van der Waals surface area contributed by atoms with Crippen LogP contribution >= 0.6 is 0 Å². The maximum absolute atomic E-state index is 13.0. The average molecular weight is 280 g/mol. The molecule has 0 heterocycles. The maximum atomic E-state index is 13.0. The number of carbonyl (C=O) groups is 2. The minimum atomic E-state index is -0.806. The van der Waals surface area contributed by atoms with Crippen molar-refractivity contribution >= 4 is 17.7 Å². The van der Waals surface area contributed by atoms with E-state index < -0.39 is 17.8 Å². The van der Waals surface area contributed by atoms with Crippen molar-refractivity contribution < 1.29 is 19.1 Å². The number of carbonyl (C=O) groups excluding carboxylic acids is 1. The molecule has 2 atom stereocenters. The number of nitrogens with one attached hydrogen (secondary N) is 2. The molecule has 1 aliphatic carbocycles. The van der Waals surface area contributed by atoms with Crippen molar-refractivity contribution in [2.75, 3.05) is 11.9 Å². The molecule has 1 aliphatic rings. The van der Waals surface area contributed by atoms with Crippen molar-refractivity contribution in [3.05, 3.63) is 30.1 Å². The third kappa shape index (κ3) is 3.69. The minimum absolute atomic E-state index is 0.0363. The molecule has 0 aliphatic heterocycles. The van der Waals surface area contributed by atoms with Crippen LogP contribution in [-0.4, -0.2) is 23.7 Å². The van der Waals surface area contributed by atoms with Crippen LogP contribution in [0.3, 0.4) is 0 Å². The zero-order chi connectivity index (χ0) is 14.5. The zero-order valence-corrected chi connectivity index (χ0v) is 10.9. The fourth-order valence-electron chi connectivity index (χ4n) is 2.57. The fourth-order valence-corrected chi connectivity index (χ4v) is 2.57. The molecular weight excluding hydrogens is 263 g/mol. The summed E-state index contributed by atoms with van der Waals surface area (Å²) in [4.78, 5) is 22.7. The van der Waals surface area contributed by atoms with Gasteiger partial charge in [-0.25, -0.2) is 9.18 Å². The number of carboxylic acids is 1. The van der Waals surface area contributed by atoms with Gasteiger partial charge in [0.2, 0.25) is 0 Å². The van der Waals surface area contributed by atoms with Gasteiger partial charge in [0, 0.05) is 12.2 Å². The lowest BCUT2D eigenvalue weighted by atomic mass is 9.96. The number of hydrogen-bond donors (Lipinski definition) is 3. The van der Waals surface area contributed by atoms with Crippen LogP contribution < -0.4 is 10.6 Å². The second-order valence-corrected chi connectivity index (χ2v) is 4.98. The SMILES string of the molecule is O=C(NCC1CCCC1C(=O)O)Nc1cccc(F)c1. The fraction of sp³-hybridized carbons (Fsp3) is 0.429. The number of urea groups is 1. The molecule has 1 aromatic carbocycles. The molecule has 108 valence electrons. The van der Waals surface area contributed by atoms with E-state index in [0.717, 1.165) is 12.8 Å². The van der Waals surface area contributed by atoms with E-state index in [0.29, 0.717) is 18.7 Å². The largest absolute Gasteiger partial charge is 0.481 e. The lowest BCUT2D eigenvalue weighted by Crippen LogP contribution is -2.35. The summed E-state index contributed by atoms with van der Waals surface area (Å²) in [6, 6.07) is 5.14. The summed E-state index contributed by atoms with van der Waals surface area (Å²) in [5.74, 6) is -1.65. The first-order chi connectivity index (χ1) is 9.56. The van der Waals surface area contributed by atoms with Gasteiger partial charge < -0.3 is 15.7 Å². The highest BCUT2D eigenvalue weighted by atomic mass is 19.1. The van der Waals surface area contributed by atoms with Gasteiger partial charge in [-0.05, 0) is 37.0 Å². The Morgan fingerprint density at radius 1 is 1.35 bits per heavy atom. The molecule has 0 bridgehead atoms. The van der Waals surface area contributed by atoms with Crippen LogP contribution in [0.1, 0.15) is 19.3 Å². The average Bonchev–Trinajstić information content (AvgIpc) is 2.85. The molecule has 6 heteroatoms. The summed E-state index contributed by atoms with van der Waals surface area (Å²) in [6.07, 6.45) is 2.33. The molecule has 3 N–H and O–H groups in total. The van der Waals surface area contributed by atoms with Gasteiger partial charge in [0.05, 0.1) is 5.92 Å². The molecule has 2 rings (SSSR count). The predicted octanol–water partition coefficient (Wildman–Crippen LogP) is 2.45. The lowest BCUT2D eigenvalue weighted by molar-refractivity contribution is -0.142. The van der Waals surface area contributed by atoms with Crippen LogP contribution in [0, 0.1) is 17.7 Å². The number of rotatable bonds is 4. The summed E-state index contributed by atoms with van der Waals surface area (Å²) < 4.78 is 13.0. The Morgan fingerprint density at radius 3 is 2.85 bits per heavy atom. The molecule has 0 spiro atoms. The summed E-state index contributed by atoms with van der Waals surface area (Å²) >= 11 is 0. The van der Waals surface area contributed by atoms with Gasteiger partial charge in [-0.2, -0.15) is 0 Å². The second kappa shape index (κ2) is 6.36. The monoisotopic (exact) mass is 280 g/mol. The van der Waals surface area contributed by atoms with Crippen molar-refractivity contribution in [2.45, 2.75) is 19.3 Å². The van der Waals surface area contributed by atoms with Crippen molar-refractivity contribution in [3.63, 3.8) is 0 Å². The third-order valence-electron chi connectivity index (χ3n) is 3.58. The molecular formula is C14H17FN2O3. The van der Waals surface area contributed by atoms with E-state index in [1.165, 1.54) is 18.2 Å². The van der Waals surface area contributed by atoms with Crippen molar-refractivity contribution in [1.82, 2.24) is 5.32 Å². The van der Waals surface area contributed by atoms with E-state index in [2.05, 4.69) is 10.6 Å². The number of anilines is 1. The van der Waals surface area contributed by atoms with E-state index in [-0.39, 0.29) is 11.8 Å². The molecule has 1 fully saturated rings. The van der Waals surface area contributed by atoms with E-state index in [1.807, 2.05) is 0 Å². The summed E-state index contributed by atoms with van der Waals surface area (Å²) in [5.41, 5.74) is 0.365. The van der Waals surface area contributed by atoms with Crippen molar-refractivity contribution in [2.24, 2.45) is 11.8 Å². The molecule has 2 amide bonds. The van der Waals surface area contributed by atoms with Crippen molar-refractivity contribution in [3.8, 4) is 0 Å². The van der Waals surface area contributed by atoms with E-state index in [9.17, 15) is 14.0 Å². The van der Waals surface area contributed by atoms with Crippen LogP contribution in [0.25, 0.3) is 0 Å². The molecule has 0 radical (unpaired) electrons. The van der Waals surface area contributed by atoms with Gasteiger partial charge in [-0.1, -0.05) is 12.5 Å². The highest BCUT2D eigenvalue weighted by molar-refractivity contribution is 5.89. The summed E-state index contributed by atoms with van der Waals surface area (Å²) in [7, 11) is 0. The lowest BCUT2D eigenvalue weighted by Gasteiger charge is -2.16. The highest BCUT2D eigenvalue weighted by Gasteiger charge is 2.32. The highest BCUT2D eigenvalue weighted by Crippen LogP contribution is 2.31. The number of carboxylic acid groups (broad SMARTS) is 1. The molecule has 0 aromatic heterocycles. The number of aliphatic carboxylic acids is 1. The standard InChI is InChI=1S/C14H17FN2O3/c15-10-4-2-5-11(7-10)17-14(20)16-8-9-3-1-6-12(9)13(18)19/h2,4-5,7,9,12H,1,3,6,8H2,(H,18,19)(H2,16,17,20). The Balaban J connectivity index is 1.82. The summed E-state index contributed by atoms with van der Waals surface area (Å²) in [6.45, 7) is 0.318. The Labute approximate surface area is 116 Å². The third-order valence-corrected chi connectivity index (χ3v) is 3.58. The molecule has 20 heavy (non-hydrogen) atoms. The van der Waals surface area contributed by atoms with Crippen molar-refractivity contribution in [1.29, 1.82) is 0 Å². The Hall–Kier alpha value is -2.11. The van der Waals surface area contributed by atoms with Gasteiger partial charge in [0.1, 0.15) is 5.82 Å². The summed E-state index contributed by atoms with van der Waals surface area (Å²) in [5, 5.41) is 14.2. The quantitative estimate of drug-likeness (QED) is 0.792. The first kappa shape index (κ1) is 14.3. The molecule has 1 saturated carbocycles. The Kier molecular flexibility index (Phi) is 4.55. The molecule has 2 unspecified atom stereocenters. The van der Waals surface area contributed by atoms with Crippen LogP contribution in [0.4, 0.5) is 14.9 Å². The number of amides is 2. The predicted molar refractivity (Wildman–Crippen MR) is 71.9 cm³/mol. The van der Waals surface area contributed by atoms with Gasteiger partial charge in [-0.15, -0.1) is 0 Å². The van der Waals surface area contributed by atoms with Crippen LogP contribution in [0.5, 0.6) is 0 Å². The van der Waals surface area contributed by atoms with Gasteiger partial charge in [-0.3, -0.25) is 4.79 Å². The molecule has 1 aromatic rings. The maximum Gasteiger partial charge on any atom is 0.319 e. The number of halogens is 1. The number of hydrogen-bond acceptors (Lipinski definition) is 2. The smallest absolute Gasteiger partial charge is 0.319 e. The topological polar surface area (TPSA) is 78.4 Å². The van der Waals surface area contributed by atoms with E-state index >= 15 is 0 Å². The Bertz CT molecular complexity index is 507. The van der Waals surface area contributed by atoms with E-state index in [4.69, 9.17) is 5.11 Å². The van der Waals surface area contributed by atoms with Gasteiger partial charge in [0.15, 0.2) is 0 Å². The van der Waals surface area contributed by atoms with Gasteiger partial charge >= 0.3 is 12.0 Å². The van der Waals surface area contributed by atoms with Gasteiger partial charge in [0.25, 0.3) is 0 Å². The normalized spacial score (nSPS) is 21.4. The zero-order valence-electron chi connectivity index (χ0n) is 10.9. The van der Waals surface area contributed by atoms with Crippen LogP contribution in [0.2, 0.25) is 0 Å². The van der Waals surface area contributed by atoms with E-state index in [1.54, 1.807) is 6.07 Å². The molecule has 5 nitrogen and oxygen atoms in total. The molecule has 0 saturated heterocycles. The second-order valence-electron chi connectivity index (χ2n) is 4.98. The minimum Gasteiger partial charge on any atom is -0.481 e. The Morgan fingerprint density at radius 2 is 2.15 bits per heavy atom. The van der Waals surface area contributed by atoms with Crippen LogP contribution in [-0.2, 0) is 4.79 Å². The number of benzene rings is 1. The van der Waals surface area contributed by atoms with Crippen LogP contribution in [0.15, 0.2) is 24.3 Å². The first-order valence-corrected chi connectivity index (χ1v) is 6.59.